The summed E-state index contributed by atoms with van der Waals surface area (Å²) in [7, 11) is 1.35. The van der Waals surface area contributed by atoms with E-state index in [1.54, 1.807) is 0 Å². The molecule has 1 rings (SSSR count). The first-order valence-electron chi connectivity index (χ1n) is 4.11. The maximum Gasteiger partial charge on any atom is 0.326 e. The Morgan fingerprint density at radius 1 is 1.62 bits per heavy atom. The van der Waals surface area contributed by atoms with Gasteiger partial charge < -0.3 is 15.2 Å². The van der Waals surface area contributed by atoms with Gasteiger partial charge in [0.1, 0.15) is 5.54 Å². The van der Waals surface area contributed by atoms with E-state index in [0.717, 1.165) is 0 Å². The van der Waals surface area contributed by atoms with E-state index in [2.05, 4.69) is 4.74 Å². The van der Waals surface area contributed by atoms with E-state index in [9.17, 15) is 4.79 Å². The minimum absolute atomic E-state index is 0. The van der Waals surface area contributed by atoms with Crippen LogP contribution >= 0.6 is 12.4 Å². The van der Waals surface area contributed by atoms with Gasteiger partial charge in [-0.15, -0.1) is 12.4 Å². The van der Waals surface area contributed by atoms with Crippen LogP contribution in [0.1, 0.15) is 19.8 Å². The molecule has 0 amide bonds. The molecule has 4 nitrogen and oxygen atoms in total. The minimum Gasteiger partial charge on any atom is -0.468 e. The Balaban J connectivity index is 0.00000144. The van der Waals surface area contributed by atoms with Crippen molar-refractivity contribution in [1.29, 1.82) is 0 Å². The second kappa shape index (κ2) is 4.79. The molecule has 0 bridgehead atoms. The summed E-state index contributed by atoms with van der Waals surface area (Å²) < 4.78 is 9.84. The highest BCUT2D eigenvalue weighted by molar-refractivity contribution is 5.85. The largest absolute Gasteiger partial charge is 0.468 e. The average Bonchev–Trinajstić information content (AvgIpc) is 2.00. The second-order valence-electron chi connectivity index (χ2n) is 3.13. The van der Waals surface area contributed by atoms with Crippen molar-refractivity contribution in [3.05, 3.63) is 0 Å². The zero-order chi connectivity index (χ0) is 9.19. The van der Waals surface area contributed by atoms with Gasteiger partial charge in [0.15, 0.2) is 0 Å². The number of carbonyl (C=O) groups excluding carboxylic acids is 1. The molecule has 0 heterocycles. The van der Waals surface area contributed by atoms with E-state index in [-0.39, 0.29) is 24.5 Å². The van der Waals surface area contributed by atoms with Crippen molar-refractivity contribution in [2.75, 3.05) is 13.7 Å². The molecule has 0 atom stereocenters. The van der Waals surface area contributed by atoms with Crippen LogP contribution in [0, 0.1) is 0 Å². The molecule has 0 aromatic rings. The Morgan fingerprint density at radius 3 is 2.54 bits per heavy atom. The zero-order valence-corrected chi connectivity index (χ0v) is 8.73. The Morgan fingerprint density at radius 2 is 2.15 bits per heavy atom. The molecule has 0 unspecified atom stereocenters. The highest BCUT2D eigenvalue weighted by atomic mass is 35.5. The van der Waals surface area contributed by atoms with E-state index in [4.69, 9.17) is 10.5 Å². The lowest BCUT2D eigenvalue weighted by atomic mass is 9.75. The molecule has 1 saturated carbocycles. The van der Waals surface area contributed by atoms with E-state index >= 15 is 0 Å². The van der Waals surface area contributed by atoms with Crippen LogP contribution in [0.4, 0.5) is 0 Å². The fourth-order valence-electron chi connectivity index (χ4n) is 1.48. The Bertz CT molecular complexity index is 180. The first kappa shape index (κ1) is 12.7. The van der Waals surface area contributed by atoms with E-state index in [1.165, 1.54) is 7.11 Å². The Labute approximate surface area is 84.2 Å². The summed E-state index contributed by atoms with van der Waals surface area (Å²) in [5.41, 5.74) is 4.94. The zero-order valence-electron chi connectivity index (χ0n) is 7.91. The van der Waals surface area contributed by atoms with Crippen molar-refractivity contribution in [3.8, 4) is 0 Å². The summed E-state index contributed by atoms with van der Waals surface area (Å²) in [5, 5.41) is 0. The summed E-state index contributed by atoms with van der Waals surface area (Å²) in [6.45, 7) is 2.59. The highest BCUT2D eigenvalue weighted by Crippen LogP contribution is 2.33. The predicted molar refractivity (Wildman–Crippen MR) is 50.8 cm³/mol. The van der Waals surface area contributed by atoms with Gasteiger partial charge in [0.05, 0.1) is 13.2 Å². The number of ether oxygens (including phenoxy) is 2. The van der Waals surface area contributed by atoms with Crippen LogP contribution in [-0.4, -0.2) is 31.3 Å². The van der Waals surface area contributed by atoms with Gasteiger partial charge in [0, 0.05) is 19.4 Å². The smallest absolute Gasteiger partial charge is 0.326 e. The molecular weight excluding hydrogens is 194 g/mol. The van der Waals surface area contributed by atoms with Gasteiger partial charge in [0.2, 0.25) is 0 Å². The normalized spacial score (nSPS) is 31.5. The van der Waals surface area contributed by atoms with Crippen LogP contribution in [0.15, 0.2) is 0 Å². The monoisotopic (exact) mass is 209 g/mol. The lowest BCUT2D eigenvalue weighted by molar-refractivity contribution is -0.157. The quantitative estimate of drug-likeness (QED) is 0.687. The van der Waals surface area contributed by atoms with Gasteiger partial charge in [-0.2, -0.15) is 0 Å². The number of rotatable bonds is 3. The van der Waals surface area contributed by atoms with Crippen molar-refractivity contribution < 1.29 is 14.3 Å². The maximum atomic E-state index is 11.1. The molecule has 0 aliphatic heterocycles. The molecular formula is C8H16ClNO3. The van der Waals surface area contributed by atoms with Crippen LogP contribution in [0.2, 0.25) is 0 Å². The third-order valence-electron chi connectivity index (χ3n) is 2.18. The lowest BCUT2D eigenvalue weighted by Gasteiger charge is -2.41. The van der Waals surface area contributed by atoms with E-state index in [0.29, 0.717) is 19.4 Å². The number of nitrogens with two attached hydrogens (primary N) is 1. The maximum absolute atomic E-state index is 11.1. The predicted octanol–water partition coefficient (Wildman–Crippen LogP) is 0.478. The van der Waals surface area contributed by atoms with Gasteiger partial charge in [-0.3, -0.25) is 4.79 Å². The Kier molecular flexibility index (Phi) is 4.67. The van der Waals surface area contributed by atoms with E-state index in [1.807, 2.05) is 6.92 Å². The molecule has 0 radical (unpaired) electrons. The summed E-state index contributed by atoms with van der Waals surface area (Å²) in [4.78, 5) is 11.1. The second-order valence-corrected chi connectivity index (χ2v) is 3.13. The number of carbonyl (C=O) groups is 1. The number of hydrogen-bond acceptors (Lipinski definition) is 4. The molecule has 1 fully saturated rings. The molecule has 1 aliphatic rings. The number of hydrogen-bond donors (Lipinski definition) is 1. The standard InChI is InChI=1S/C8H15NO3.ClH/c1-3-12-6-4-8(9,5-6)7(10)11-2;/h6H,3-5,9H2,1-2H3;1H. The van der Waals surface area contributed by atoms with Crippen LogP contribution in [0.3, 0.4) is 0 Å². The lowest BCUT2D eigenvalue weighted by Crippen LogP contribution is -2.61. The first-order valence-corrected chi connectivity index (χ1v) is 4.11. The average molecular weight is 210 g/mol. The van der Waals surface area contributed by atoms with E-state index < -0.39 is 5.54 Å². The van der Waals surface area contributed by atoms with Crippen molar-refractivity contribution >= 4 is 18.4 Å². The van der Waals surface area contributed by atoms with Crippen molar-refractivity contribution in [2.24, 2.45) is 5.73 Å². The van der Waals surface area contributed by atoms with Gasteiger partial charge in [0.25, 0.3) is 0 Å². The molecule has 5 heteroatoms. The molecule has 78 valence electrons. The fourth-order valence-corrected chi connectivity index (χ4v) is 1.48. The van der Waals surface area contributed by atoms with Crippen LogP contribution in [0.5, 0.6) is 0 Å². The molecule has 1 aliphatic carbocycles. The third-order valence-corrected chi connectivity index (χ3v) is 2.18. The topological polar surface area (TPSA) is 61.5 Å². The summed E-state index contributed by atoms with van der Waals surface area (Å²) in [6, 6.07) is 0. The molecule has 13 heavy (non-hydrogen) atoms. The number of esters is 1. The van der Waals surface area contributed by atoms with Crippen LogP contribution < -0.4 is 5.73 Å². The molecule has 0 aromatic heterocycles. The summed E-state index contributed by atoms with van der Waals surface area (Å²) in [6.07, 6.45) is 1.29. The fraction of sp³-hybridized carbons (Fsp3) is 0.875. The number of methoxy groups -OCH3 is 1. The summed E-state index contributed by atoms with van der Waals surface area (Å²) in [5.74, 6) is -0.335. The first-order chi connectivity index (χ1) is 5.62. The molecule has 0 spiro atoms. The highest BCUT2D eigenvalue weighted by Gasteiger charge is 2.48. The van der Waals surface area contributed by atoms with Gasteiger partial charge in [-0.25, -0.2) is 0 Å². The molecule has 0 aromatic carbocycles. The molecule has 0 saturated heterocycles. The van der Waals surface area contributed by atoms with Crippen molar-refractivity contribution in [1.82, 2.24) is 0 Å². The number of halogens is 1. The van der Waals surface area contributed by atoms with Crippen LogP contribution in [-0.2, 0) is 14.3 Å². The van der Waals surface area contributed by atoms with Crippen LogP contribution in [0.25, 0.3) is 0 Å². The SMILES string of the molecule is CCOC1CC(N)(C(=O)OC)C1.Cl. The molecule has 2 N–H and O–H groups in total. The van der Waals surface area contributed by atoms with Gasteiger partial charge in [-0.1, -0.05) is 0 Å². The third kappa shape index (κ3) is 2.56. The van der Waals surface area contributed by atoms with Gasteiger partial charge >= 0.3 is 5.97 Å². The minimum atomic E-state index is -0.783. The summed E-state index contributed by atoms with van der Waals surface area (Å²) >= 11 is 0. The Hall–Kier alpha value is -0.320. The van der Waals surface area contributed by atoms with Gasteiger partial charge in [-0.05, 0) is 6.92 Å². The van der Waals surface area contributed by atoms with Crippen molar-refractivity contribution in [3.63, 3.8) is 0 Å². The van der Waals surface area contributed by atoms with Crippen molar-refractivity contribution in [2.45, 2.75) is 31.4 Å².